The largest absolute Gasteiger partial charge is 0.454 e. The van der Waals surface area contributed by atoms with E-state index in [0.717, 1.165) is 62.0 Å². The number of rotatable bonds is 8. The van der Waals surface area contributed by atoms with Crippen LogP contribution in [0, 0.1) is 6.92 Å². The van der Waals surface area contributed by atoms with Crippen molar-refractivity contribution in [2.24, 2.45) is 4.99 Å². The second-order valence-electron chi connectivity index (χ2n) is 6.11. The summed E-state index contributed by atoms with van der Waals surface area (Å²) in [7, 11) is 0. The number of aromatic nitrogens is 1. The Morgan fingerprint density at radius 2 is 2.07 bits per heavy atom. The van der Waals surface area contributed by atoms with Gasteiger partial charge in [-0.3, -0.25) is 4.99 Å². The maximum Gasteiger partial charge on any atom is 0.231 e. The van der Waals surface area contributed by atoms with Gasteiger partial charge in [0, 0.05) is 37.1 Å². The fraction of sp³-hybridized carbons (Fsp3) is 0.474. The van der Waals surface area contributed by atoms with Gasteiger partial charge in [-0.2, -0.15) is 0 Å². The molecule has 6 nitrogen and oxygen atoms in total. The summed E-state index contributed by atoms with van der Waals surface area (Å²) in [4.78, 5) is 9.14. The van der Waals surface area contributed by atoms with Crippen LogP contribution in [0.1, 0.15) is 29.6 Å². The van der Waals surface area contributed by atoms with Crippen molar-refractivity contribution < 1.29 is 9.47 Å². The number of aryl methyl sites for hydroxylation is 2. The van der Waals surface area contributed by atoms with Crippen LogP contribution < -0.4 is 20.1 Å². The van der Waals surface area contributed by atoms with Crippen molar-refractivity contribution in [1.29, 1.82) is 0 Å². The van der Waals surface area contributed by atoms with Crippen LogP contribution in [-0.2, 0) is 12.8 Å². The summed E-state index contributed by atoms with van der Waals surface area (Å²) in [5.74, 6) is 2.52. The molecular formula is C19H27IN4O2S. The van der Waals surface area contributed by atoms with Gasteiger partial charge in [-0.05, 0) is 44.4 Å². The highest BCUT2D eigenvalue weighted by Crippen LogP contribution is 2.32. The van der Waals surface area contributed by atoms with Crippen LogP contribution in [0.4, 0.5) is 0 Å². The fourth-order valence-corrected chi connectivity index (χ4v) is 3.52. The van der Waals surface area contributed by atoms with Gasteiger partial charge in [0.15, 0.2) is 17.5 Å². The SMILES string of the molecule is CCNC(=NCCCc1nc(C)cs1)NCCc1ccc2c(c1)OCO2.I. The van der Waals surface area contributed by atoms with E-state index in [0.29, 0.717) is 6.79 Å². The molecule has 0 atom stereocenters. The monoisotopic (exact) mass is 502 g/mol. The van der Waals surface area contributed by atoms with Crippen LogP contribution in [0.25, 0.3) is 0 Å². The molecule has 1 aliphatic rings. The number of guanidine groups is 1. The minimum Gasteiger partial charge on any atom is -0.454 e. The smallest absolute Gasteiger partial charge is 0.231 e. The van der Waals surface area contributed by atoms with Crippen molar-refractivity contribution in [1.82, 2.24) is 15.6 Å². The van der Waals surface area contributed by atoms with Gasteiger partial charge in [-0.25, -0.2) is 4.98 Å². The highest BCUT2D eigenvalue weighted by Gasteiger charge is 2.12. The molecule has 0 saturated heterocycles. The third kappa shape index (κ3) is 6.84. The maximum absolute atomic E-state index is 5.43. The van der Waals surface area contributed by atoms with Gasteiger partial charge in [-0.1, -0.05) is 6.07 Å². The number of aliphatic imine (C=N–C) groups is 1. The molecule has 0 saturated carbocycles. The van der Waals surface area contributed by atoms with E-state index in [1.54, 1.807) is 11.3 Å². The highest BCUT2D eigenvalue weighted by atomic mass is 127. The summed E-state index contributed by atoms with van der Waals surface area (Å²) in [5, 5.41) is 9.98. The second kappa shape index (κ2) is 11.3. The van der Waals surface area contributed by atoms with Crippen LogP contribution in [0.15, 0.2) is 28.6 Å². The van der Waals surface area contributed by atoms with Gasteiger partial charge in [0.05, 0.1) is 5.01 Å². The zero-order valence-corrected chi connectivity index (χ0v) is 18.9. The van der Waals surface area contributed by atoms with E-state index in [9.17, 15) is 0 Å². The number of ether oxygens (including phenoxy) is 2. The van der Waals surface area contributed by atoms with E-state index < -0.39 is 0 Å². The zero-order valence-electron chi connectivity index (χ0n) is 15.8. The molecule has 27 heavy (non-hydrogen) atoms. The van der Waals surface area contributed by atoms with E-state index >= 15 is 0 Å². The van der Waals surface area contributed by atoms with Gasteiger partial charge in [0.25, 0.3) is 0 Å². The molecule has 0 amide bonds. The summed E-state index contributed by atoms with van der Waals surface area (Å²) in [6.45, 7) is 6.88. The first kappa shape index (κ1) is 21.7. The third-order valence-corrected chi connectivity index (χ3v) is 5.00. The van der Waals surface area contributed by atoms with Gasteiger partial charge in [-0.15, -0.1) is 35.3 Å². The van der Waals surface area contributed by atoms with Crippen molar-refractivity contribution in [2.75, 3.05) is 26.4 Å². The van der Waals surface area contributed by atoms with E-state index in [4.69, 9.17) is 9.47 Å². The second-order valence-corrected chi connectivity index (χ2v) is 7.05. The number of thiazole rings is 1. The van der Waals surface area contributed by atoms with E-state index in [1.807, 2.05) is 19.1 Å². The lowest BCUT2D eigenvalue weighted by Gasteiger charge is -2.11. The number of benzene rings is 1. The van der Waals surface area contributed by atoms with E-state index in [-0.39, 0.29) is 24.0 Å². The maximum atomic E-state index is 5.43. The molecule has 3 rings (SSSR count). The zero-order chi connectivity index (χ0) is 18.2. The van der Waals surface area contributed by atoms with Gasteiger partial charge < -0.3 is 20.1 Å². The minimum atomic E-state index is 0. The van der Waals surface area contributed by atoms with Crippen LogP contribution in [0.3, 0.4) is 0 Å². The predicted molar refractivity (Wildman–Crippen MR) is 121 cm³/mol. The van der Waals surface area contributed by atoms with Gasteiger partial charge >= 0.3 is 0 Å². The Labute approximate surface area is 181 Å². The number of fused-ring (bicyclic) bond motifs is 1. The average molecular weight is 502 g/mol. The number of nitrogens with one attached hydrogen (secondary N) is 2. The number of nitrogens with zero attached hydrogens (tertiary/aromatic N) is 2. The predicted octanol–water partition coefficient (Wildman–Crippen LogP) is 3.53. The summed E-state index contributed by atoms with van der Waals surface area (Å²) in [6.07, 6.45) is 2.89. The van der Waals surface area contributed by atoms with Crippen molar-refractivity contribution in [3.05, 3.63) is 39.8 Å². The first-order chi connectivity index (χ1) is 12.7. The molecule has 2 N–H and O–H groups in total. The Balaban J connectivity index is 0.00000261. The first-order valence-corrected chi connectivity index (χ1v) is 9.94. The van der Waals surface area contributed by atoms with Crippen LogP contribution in [0.5, 0.6) is 11.5 Å². The standard InChI is InChI=1S/C19H26N4O2S.HI/c1-3-20-19(21-9-4-5-18-23-14(2)12-26-18)22-10-8-15-6-7-16-17(11-15)25-13-24-16;/h6-7,11-12H,3-5,8-10,13H2,1-2H3,(H2,20,21,22);1H. The molecule has 0 fully saturated rings. The molecule has 0 aliphatic carbocycles. The van der Waals surface area contributed by atoms with E-state index in [1.165, 1.54) is 10.6 Å². The topological polar surface area (TPSA) is 67.8 Å². The third-order valence-electron chi connectivity index (χ3n) is 3.97. The average Bonchev–Trinajstić information content (AvgIpc) is 3.27. The first-order valence-electron chi connectivity index (χ1n) is 9.06. The molecule has 0 unspecified atom stereocenters. The molecule has 1 aliphatic heterocycles. The van der Waals surface area contributed by atoms with Crippen LogP contribution in [-0.4, -0.2) is 37.4 Å². The Morgan fingerprint density at radius 3 is 2.85 bits per heavy atom. The molecule has 8 heteroatoms. The molecule has 2 aromatic rings. The molecule has 0 bridgehead atoms. The summed E-state index contributed by atoms with van der Waals surface area (Å²) < 4.78 is 10.8. The number of hydrogen-bond acceptors (Lipinski definition) is 5. The summed E-state index contributed by atoms with van der Waals surface area (Å²) in [6, 6.07) is 6.09. The lowest BCUT2D eigenvalue weighted by atomic mass is 10.1. The van der Waals surface area contributed by atoms with Gasteiger partial charge in [0.2, 0.25) is 6.79 Å². The van der Waals surface area contributed by atoms with Crippen molar-refractivity contribution in [3.63, 3.8) is 0 Å². The summed E-state index contributed by atoms with van der Waals surface area (Å²) >= 11 is 1.73. The molecule has 1 aromatic carbocycles. The Morgan fingerprint density at radius 1 is 1.22 bits per heavy atom. The molecule has 0 radical (unpaired) electrons. The normalized spacial score (nSPS) is 12.6. The Kier molecular flexibility index (Phi) is 9.12. The fourth-order valence-electron chi connectivity index (χ4n) is 2.70. The quantitative estimate of drug-likeness (QED) is 0.250. The molecular weight excluding hydrogens is 475 g/mol. The Hall–Kier alpha value is -1.55. The lowest BCUT2D eigenvalue weighted by Crippen LogP contribution is -2.38. The number of halogens is 1. The van der Waals surface area contributed by atoms with Gasteiger partial charge in [0.1, 0.15) is 0 Å². The Bertz CT molecular complexity index is 751. The minimum absolute atomic E-state index is 0. The summed E-state index contributed by atoms with van der Waals surface area (Å²) in [5.41, 5.74) is 2.32. The molecule has 148 valence electrons. The van der Waals surface area contributed by atoms with Crippen LogP contribution in [0.2, 0.25) is 0 Å². The van der Waals surface area contributed by atoms with Crippen molar-refractivity contribution in [3.8, 4) is 11.5 Å². The molecule has 0 spiro atoms. The van der Waals surface area contributed by atoms with Crippen LogP contribution >= 0.6 is 35.3 Å². The number of hydrogen-bond donors (Lipinski definition) is 2. The van der Waals surface area contributed by atoms with Crippen molar-refractivity contribution >= 4 is 41.3 Å². The molecule has 1 aromatic heterocycles. The molecule has 2 heterocycles. The van der Waals surface area contributed by atoms with E-state index in [2.05, 4.69) is 39.0 Å². The lowest BCUT2D eigenvalue weighted by molar-refractivity contribution is 0.174. The van der Waals surface area contributed by atoms with Crippen molar-refractivity contribution in [2.45, 2.75) is 33.1 Å². The highest BCUT2D eigenvalue weighted by molar-refractivity contribution is 14.0.